The molecule has 3 aromatic rings. The van der Waals surface area contributed by atoms with Gasteiger partial charge in [-0.15, -0.1) is 0 Å². The Morgan fingerprint density at radius 2 is 1.95 bits per heavy atom. The van der Waals surface area contributed by atoms with E-state index in [9.17, 15) is 9.59 Å². The SMILES string of the molecule is O=c1[nH]c(=O)n(Cc2ccccc2)c2c3n(cc12)CCC=C3. The van der Waals surface area contributed by atoms with Crippen LogP contribution in [0.25, 0.3) is 17.0 Å². The lowest BCUT2D eigenvalue weighted by Crippen LogP contribution is -2.30. The normalized spacial score (nSPS) is 13.5. The smallest absolute Gasteiger partial charge is 0.329 e. The van der Waals surface area contributed by atoms with Crippen LogP contribution in [0.3, 0.4) is 0 Å². The molecule has 1 aromatic carbocycles. The molecule has 4 rings (SSSR count). The maximum Gasteiger partial charge on any atom is 0.329 e. The minimum atomic E-state index is -0.366. The van der Waals surface area contributed by atoms with E-state index in [2.05, 4.69) is 11.1 Å². The third-order valence-corrected chi connectivity index (χ3v) is 4.07. The number of rotatable bonds is 2. The Labute approximate surface area is 126 Å². The third-order valence-electron chi connectivity index (χ3n) is 4.07. The highest BCUT2D eigenvalue weighted by atomic mass is 16.2. The van der Waals surface area contributed by atoms with E-state index in [0.29, 0.717) is 17.4 Å². The van der Waals surface area contributed by atoms with Gasteiger partial charge in [-0.2, -0.15) is 0 Å². The second-order valence-electron chi connectivity index (χ2n) is 5.49. The lowest BCUT2D eigenvalue weighted by Gasteiger charge is -2.12. The first-order valence-corrected chi connectivity index (χ1v) is 7.30. The van der Waals surface area contributed by atoms with Crippen molar-refractivity contribution in [2.45, 2.75) is 19.5 Å². The third kappa shape index (κ3) is 1.94. The number of nitrogens with zero attached hydrogens (tertiary/aromatic N) is 2. The summed E-state index contributed by atoms with van der Waals surface area (Å²) in [6.07, 6.45) is 6.85. The highest BCUT2D eigenvalue weighted by Crippen LogP contribution is 2.23. The molecule has 0 bridgehead atoms. The lowest BCUT2D eigenvalue weighted by atomic mass is 10.2. The molecule has 0 fully saturated rings. The number of hydrogen-bond donors (Lipinski definition) is 1. The van der Waals surface area contributed by atoms with Gasteiger partial charge in [0.1, 0.15) is 0 Å². The Kier molecular flexibility index (Phi) is 2.85. The average Bonchev–Trinajstić information content (AvgIpc) is 2.92. The Morgan fingerprint density at radius 3 is 2.77 bits per heavy atom. The molecular formula is C17H15N3O2. The number of allylic oxidation sites excluding steroid dienone is 1. The van der Waals surface area contributed by atoms with E-state index < -0.39 is 0 Å². The summed E-state index contributed by atoms with van der Waals surface area (Å²) >= 11 is 0. The molecule has 0 amide bonds. The quantitative estimate of drug-likeness (QED) is 0.785. The fourth-order valence-corrected chi connectivity index (χ4v) is 3.03. The summed E-state index contributed by atoms with van der Waals surface area (Å²) in [6.45, 7) is 1.28. The Hall–Kier alpha value is -2.82. The molecule has 0 aliphatic carbocycles. The molecule has 110 valence electrons. The fourth-order valence-electron chi connectivity index (χ4n) is 3.03. The van der Waals surface area contributed by atoms with E-state index in [0.717, 1.165) is 24.2 Å². The van der Waals surface area contributed by atoms with Crippen LogP contribution in [0.1, 0.15) is 17.7 Å². The number of H-pyrrole nitrogens is 1. The van der Waals surface area contributed by atoms with Gasteiger partial charge in [0.2, 0.25) is 0 Å². The molecule has 0 saturated heterocycles. The highest BCUT2D eigenvalue weighted by molar-refractivity contribution is 5.87. The standard InChI is InChI=1S/C17H15N3O2/c21-16-13-11-19-9-5-4-8-14(19)15(13)20(17(22)18-16)10-12-6-2-1-3-7-12/h1-4,6-8,11H,5,9-10H2,(H,18,21,22). The summed E-state index contributed by atoms with van der Waals surface area (Å²) < 4.78 is 3.69. The Balaban J connectivity index is 2.02. The zero-order chi connectivity index (χ0) is 15.1. The van der Waals surface area contributed by atoms with Crippen LogP contribution in [0.5, 0.6) is 0 Å². The van der Waals surface area contributed by atoms with Crippen LogP contribution in [0.2, 0.25) is 0 Å². The molecule has 1 aliphatic rings. The second-order valence-corrected chi connectivity index (χ2v) is 5.49. The molecule has 1 aliphatic heterocycles. The van der Waals surface area contributed by atoms with Gasteiger partial charge >= 0.3 is 5.69 Å². The van der Waals surface area contributed by atoms with Crippen molar-refractivity contribution in [1.29, 1.82) is 0 Å². The van der Waals surface area contributed by atoms with Crippen LogP contribution in [0.15, 0.2) is 52.2 Å². The van der Waals surface area contributed by atoms with Crippen molar-refractivity contribution in [3.8, 4) is 0 Å². The summed E-state index contributed by atoms with van der Waals surface area (Å²) in [4.78, 5) is 26.9. The van der Waals surface area contributed by atoms with E-state index in [4.69, 9.17) is 0 Å². The number of benzene rings is 1. The predicted octanol–water partition coefficient (Wildman–Crippen LogP) is 1.96. The monoisotopic (exact) mass is 293 g/mol. The van der Waals surface area contributed by atoms with Crippen molar-refractivity contribution in [3.05, 3.63) is 74.7 Å². The van der Waals surface area contributed by atoms with Crippen LogP contribution >= 0.6 is 0 Å². The molecule has 3 heterocycles. The van der Waals surface area contributed by atoms with E-state index in [1.54, 1.807) is 4.57 Å². The predicted molar refractivity (Wildman–Crippen MR) is 86.0 cm³/mol. The van der Waals surface area contributed by atoms with Gasteiger partial charge in [-0.1, -0.05) is 36.4 Å². The van der Waals surface area contributed by atoms with Crippen molar-refractivity contribution >= 4 is 17.0 Å². The Bertz CT molecular complexity index is 990. The maximum atomic E-state index is 12.3. The summed E-state index contributed by atoms with van der Waals surface area (Å²) in [5.74, 6) is 0. The number of nitrogens with one attached hydrogen (secondary N) is 1. The first-order chi connectivity index (χ1) is 10.7. The molecule has 0 unspecified atom stereocenters. The molecule has 22 heavy (non-hydrogen) atoms. The van der Waals surface area contributed by atoms with Crippen LogP contribution in [-0.4, -0.2) is 14.1 Å². The topological polar surface area (TPSA) is 59.8 Å². The van der Waals surface area contributed by atoms with Crippen molar-refractivity contribution < 1.29 is 0 Å². The lowest BCUT2D eigenvalue weighted by molar-refractivity contribution is 0.695. The summed E-state index contributed by atoms with van der Waals surface area (Å²) in [5.41, 5.74) is 1.99. The molecule has 5 nitrogen and oxygen atoms in total. The molecule has 0 saturated carbocycles. The van der Waals surface area contributed by atoms with Crippen LogP contribution in [0.4, 0.5) is 0 Å². The average molecular weight is 293 g/mol. The highest BCUT2D eigenvalue weighted by Gasteiger charge is 2.17. The molecule has 5 heteroatoms. The van der Waals surface area contributed by atoms with Gasteiger partial charge in [0.25, 0.3) is 5.56 Å². The van der Waals surface area contributed by atoms with Crippen LogP contribution < -0.4 is 11.2 Å². The first-order valence-electron chi connectivity index (χ1n) is 7.30. The number of hydrogen-bond acceptors (Lipinski definition) is 2. The Morgan fingerprint density at radius 1 is 1.14 bits per heavy atom. The van der Waals surface area contributed by atoms with E-state index in [1.807, 2.05) is 47.2 Å². The van der Waals surface area contributed by atoms with Gasteiger partial charge in [0.15, 0.2) is 0 Å². The minimum Gasteiger partial charge on any atom is -0.345 e. The number of aromatic nitrogens is 3. The van der Waals surface area contributed by atoms with Gasteiger partial charge in [-0.25, -0.2) is 4.79 Å². The largest absolute Gasteiger partial charge is 0.345 e. The number of aryl methyl sites for hydroxylation is 1. The molecule has 1 N–H and O–H groups in total. The van der Waals surface area contributed by atoms with E-state index in [-0.39, 0.29) is 11.2 Å². The number of fused-ring (bicyclic) bond motifs is 3. The summed E-state index contributed by atoms with van der Waals surface area (Å²) in [6, 6.07) is 9.78. The van der Waals surface area contributed by atoms with Crippen molar-refractivity contribution in [2.75, 3.05) is 0 Å². The summed E-state index contributed by atoms with van der Waals surface area (Å²) in [5, 5.41) is 0.567. The van der Waals surface area contributed by atoms with Gasteiger partial charge in [-0.3, -0.25) is 14.3 Å². The second kappa shape index (κ2) is 4.87. The summed E-state index contributed by atoms with van der Waals surface area (Å²) in [7, 11) is 0. The number of aromatic amines is 1. The fraction of sp³-hybridized carbons (Fsp3) is 0.176. The zero-order valence-corrected chi connectivity index (χ0v) is 12.0. The van der Waals surface area contributed by atoms with Crippen molar-refractivity contribution in [1.82, 2.24) is 14.1 Å². The van der Waals surface area contributed by atoms with Crippen LogP contribution in [-0.2, 0) is 13.1 Å². The molecule has 2 aromatic heterocycles. The van der Waals surface area contributed by atoms with Crippen molar-refractivity contribution in [3.63, 3.8) is 0 Å². The van der Waals surface area contributed by atoms with Crippen molar-refractivity contribution in [2.24, 2.45) is 0 Å². The van der Waals surface area contributed by atoms with Crippen LogP contribution in [0, 0.1) is 0 Å². The zero-order valence-electron chi connectivity index (χ0n) is 12.0. The van der Waals surface area contributed by atoms with Gasteiger partial charge < -0.3 is 4.57 Å². The van der Waals surface area contributed by atoms with E-state index in [1.165, 1.54) is 0 Å². The molecule has 0 atom stereocenters. The van der Waals surface area contributed by atoms with Gasteiger partial charge in [0.05, 0.1) is 23.1 Å². The molecular weight excluding hydrogens is 278 g/mol. The van der Waals surface area contributed by atoms with Gasteiger partial charge in [-0.05, 0) is 18.1 Å². The first kappa shape index (κ1) is 12.9. The molecule has 0 radical (unpaired) electrons. The van der Waals surface area contributed by atoms with Gasteiger partial charge in [0, 0.05) is 12.7 Å². The van der Waals surface area contributed by atoms with E-state index >= 15 is 0 Å². The maximum absolute atomic E-state index is 12.3. The molecule has 0 spiro atoms. The minimum absolute atomic E-state index is 0.320.